The van der Waals surface area contributed by atoms with Crippen molar-refractivity contribution in [2.24, 2.45) is 0 Å². The normalized spacial score (nSPS) is 11.0. The first-order valence-electron chi connectivity index (χ1n) is 6.12. The molecule has 0 spiro atoms. The van der Waals surface area contributed by atoms with Crippen molar-refractivity contribution in [3.63, 3.8) is 0 Å². The molecule has 0 atom stereocenters. The van der Waals surface area contributed by atoms with Gasteiger partial charge in [0.1, 0.15) is 12.0 Å². The quantitative estimate of drug-likeness (QED) is 0.910. The molecule has 0 aliphatic carbocycles. The fourth-order valence-corrected chi connectivity index (χ4v) is 1.82. The highest BCUT2D eigenvalue weighted by atomic mass is 35.5. The summed E-state index contributed by atoms with van der Waals surface area (Å²) in [4.78, 5) is 4.44. The average Bonchev–Trinajstić information content (AvgIpc) is 2.84. The summed E-state index contributed by atoms with van der Waals surface area (Å²) in [6, 6.07) is 5.78. The minimum atomic E-state index is 0.408. The highest BCUT2D eigenvalue weighted by Crippen LogP contribution is 2.31. The fourth-order valence-electron chi connectivity index (χ4n) is 1.66. The van der Waals surface area contributed by atoms with Crippen molar-refractivity contribution in [1.82, 2.24) is 10.3 Å². The molecule has 19 heavy (non-hydrogen) atoms. The third kappa shape index (κ3) is 3.49. The largest absolute Gasteiger partial charge is 0.496 e. The molecule has 1 aromatic carbocycles. The number of nitrogens with zero attached hydrogens (tertiary/aromatic N) is 1. The Kier molecular flexibility index (Phi) is 4.45. The van der Waals surface area contributed by atoms with Crippen LogP contribution < -0.4 is 10.1 Å². The lowest BCUT2D eigenvalue weighted by atomic mass is 10.2. The lowest BCUT2D eigenvalue weighted by Gasteiger charge is -2.05. The number of ether oxygens (including phenoxy) is 1. The third-order valence-electron chi connectivity index (χ3n) is 2.64. The summed E-state index contributed by atoms with van der Waals surface area (Å²) in [7, 11) is 1.60. The van der Waals surface area contributed by atoms with Crippen LogP contribution in [0.4, 0.5) is 0 Å². The Morgan fingerprint density at radius 2 is 2.21 bits per heavy atom. The van der Waals surface area contributed by atoms with Crippen LogP contribution >= 0.6 is 11.6 Å². The van der Waals surface area contributed by atoms with Gasteiger partial charge in [0.15, 0.2) is 0 Å². The van der Waals surface area contributed by atoms with Crippen LogP contribution in [0.15, 0.2) is 28.9 Å². The van der Waals surface area contributed by atoms with Gasteiger partial charge in [-0.05, 0) is 18.2 Å². The van der Waals surface area contributed by atoms with Crippen LogP contribution in [0.2, 0.25) is 5.02 Å². The van der Waals surface area contributed by atoms with E-state index in [0.717, 1.165) is 11.3 Å². The zero-order valence-corrected chi connectivity index (χ0v) is 12.0. The number of halogens is 1. The molecular formula is C14H17ClN2O2. The van der Waals surface area contributed by atoms with Gasteiger partial charge in [-0.3, -0.25) is 0 Å². The molecule has 0 bridgehead atoms. The van der Waals surface area contributed by atoms with Crippen LogP contribution in [0.1, 0.15) is 19.5 Å². The molecule has 0 unspecified atom stereocenters. The molecule has 0 saturated heterocycles. The summed E-state index contributed by atoms with van der Waals surface area (Å²) in [6.45, 7) is 4.85. The molecule has 0 radical (unpaired) electrons. The zero-order valence-electron chi connectivity index (χ0n) is 11.2. The van der Waals surface area contributed by atoms with Crippen molar-refractivity contribution in [1.29, 1.82) is 0 Å². The molecule has 0 aliphatic heterocycles. The Labute approximate surface area is 117 Å². The molecule has 2 rings (SSSR count). The van der Waals surface area contributed by atoms with Crippen molar-refractivity contribution >= 4 is 11.6 Å². The van der Waals surface area contributed by atoms with E-state index in [0.29, 0.717) is 29.2 Å². The number of hydrogen-bond donors (Lipinski definition) is 1. The van der Waals surface area contributed by atoms with E-state index in [1.165, 1.54) is 0 Å². The maximum Gasteiger partial charge on any atom is 0.229 e. The molecular weight excluding hydrogens is 264 g/mol. The van der Waals surface area contributed by atoms with Crippen LogP contribution in [-0.4, -0.2) is 18.1 Å². The Morgan fingerprint density at radius 3 is 2.89 bits per heavy atom. The minimum Gasteiger partial charge on any atom is -0.496 e. The first-order valence-corrected chi connectivity index (χ1v) is 6.49. The minimum absolute atomic E-state index is 0.408. The van der Waals surface area contributed by atoms with Gasteiger partial charge in [0.25, 0.3) is 0 Å². The molecule has 0 saturated carbocycles. The molecule has 1 heterocycles. The van der Waals surface area contributed by atoms with Gasteiger partial charge in [0.2, 0.25) is 5.89 Å². The topological polar surface area (TPSA) is 47.3 Å². The Balaban J connectivity index is 2.22. The first-order chi connectivity index (χ1) is 9.10. The number of rotatable bonds is 5. The third-order valence-corrected chi connectivity index (χ3v) is 2.87. The summed E-state index contributed by atoms with van der Waals surface area (Å²) >= 11 is 5.93. The van der Waals surface area contributed by atoms with E-state index in [1.54, 1.807) is 25.5 Å². The zero-order chi connectivity index (χ0) is 13.8. The molecule has 102 valence electrons. The highest BCUT2D eigenvalue weighted by molar-refractivity contribution is 6.30. The number of aromatic nitrogens is 1. The molecule has 1 N–H and O–H groups in total. The van der Waals surface area contributed by atoms with E-state index < -0.39 is 0 Å². The predicted molar refractivity (Wildman–Crippen MR) is 75.5 cm³/mol. The Hall–Kier alpha value is -1.52. The van der Waals surface area contributed by atoms with Gasteiger partial charge in [0, 0.05) is 17.6 Å². The maximum atomic E-state index is 5.93. The summed E-state index contributed by atoms with van der Waals surface area (Å²) in [5.74, 6) is 1.19. The molecule has 4 nitrogen and oxygen atoms in total. The van der Waals surface area contributed by atoms with Crippen LogP contribution in [0.25, 0.3) is 11.5 Å². The SMILES string of the molecule is COc1cc(Cl)ccc1-c1nc(CNC(C)C)co1. The molecule has 1 aromatic heterocycles. The monoisotopic (exact) mass is 280 g/mol. The van der Waals surface area contributed by atoms with E-state index in [4.69, 9.17) is 20.8 Å². The predicted octanol–water partition coefficient (Wildman–Crippen LogP) is 3.50. The lowest BCUT2D eigenvalue weighted by Crippen LogP contribution is -2.21. The van der Waals surface area contributed by atoms with Gasteiger partial charge < -0.3 is 14.5 Å². The summed E-state index contributed by atoms with van der Waals surface area (Å²) in [5, 5.41) is 3.91. The van der Waals surface area contributed by atoms with Gasteiger partial charge in [0.05, 0.1) is 18.4 Å². The van der Waals surface area contributed by atoms with Crippen LogP contribution in [0.5, 0.6) is 5.75 Å². The molecule has 0 amide bonds. The molecule has 0 aliphatic rings. The standard InChI is InChI=1S/C14H17ClN2O2/c1-9(2)16-7-11-8-19-14(17-11)12-5-4-10(15)6-13(12)18-3/h4-6,8-9,16H,7H2,1-3H3. The number of nitrogens with one attached hydrogen (secondary N) is 1. The second-order valence-electron chi connectivity index (χ2n) is 4.52. The van der Waals surface area contributed by atoms with E-state index in [9.17, 15) is 0 Å². The van der Waals surface area contributed by atoms with E-state index in [1.807, 2.05) is 6.07 Å². The van der Waals surface area contributed by atoms with Crippen molar-refractivity contribution in [3.05, 3.63) is 35.2 Å². The van der Waals surface area contributed by atoms with E-state index in [2.05, 4.69) is 24.1 Å². The lowest BCUT2D eigenvalue weighted by molar-refractivity contribution is 0.414. The molecule has 0 fully saturated rings. The van der Waals surface area contributed by atoms with Crippen LogP contribution in [0, 0.1) is 0 Å². The summed E-state index contributed by atoms with van der Waals surface area (Å²) in [5.41, 5.74) is 1.66. The maximum absolute atomic E-state index is 5.93. The summed E-state index contributed by atoms with van der Waals surface area (Å²) in [6.07, 6.45) is 1.65. The first kappa shape index (κ1) is 13.9. The van der Waals surface area contributed by atoms with Crippen molar-refractivity contribution in [2.75, 3.05) is 7.11 Å². The van der Waals surface area contributed by atoms with Crippen molar-refractivity contribution < 1.29 is 9.15 Å². The number of oxazole rings is 1. The Bertz CT molecular complexity index is 552. The number of benzene rings is 1. The van der Waals surface area contributed by atoms with Crippen LogP contribution in [0.3, 0.4) is 0 Å². The summed E-state index contributed by atoms with van der Waals surface area (Å²) < 4.78 is 10.8. The van der Waals surface area contributed by atoms with E-state index in [-0.39, 0.29) is 0 Å². The molecule has 5 heteroatoms. The fraction of sp³-hybridized carbons (Fsp3) is 0.357. The van der Waals surface area contributed by atoms with Gasteiger partial charge in [-0.2, -0.15) is 0 Å². The van der Waals surface area contributed by atoms with Gasteiger partial charge in [-0.15, -0.1) is 0 Å². The second-order valence-corrected chi connectivity index (χ2v) is 4.96. The highest BCUT2D eigenvalue weighted by Gasteiger charge is 2.12. The van der Waals surface area contributed by atoms with Crippen LogP contribution in [-0.2, 0) is 6.54 Å². The van der Waals surface area contributed by atoms with Gasteiger partial charge in [-0.25, -0.2) is 4.98 Å². The average molecular weight is 281 g/mol. The van der Waals surface area contributed by atoms with E-state index >= 15 is 0 Å². The Morgan fingerprint density at radius 1 is 1.42 bits per heavy atom. The smallest absolute Gasteiger partial charge is 0.229 e. The van der Waals surface area contributed by atoms with Gasteiger partial charge in [-0.1, -0.05) is 25.4 Å². The van der Waals surface area contributed by atoms with Crippen molar-refractivity contribution in [3.8, 4) is 17.2 Å². The number of methoxy groups -OCH3 is 1. The second kappa shape index (κ2) is 6.08. The van der Waals surface area contributed by atoms with Crippen molar-refractivity contribution in [2.45, 2.75) is 26.4 Å². The molecule has 2 aromatic rings. The van der Waals surface area contributed by atoms with Gasteiger partial charge >= 0.3 is 0 Å². The number of hydrogen-bond acceptors (Lipinski definition) is 4.